The average molecular weight is 174 g/mol. The summed E-state index contributed by atoms with van der Waals surface area (Å²) in [6.07, 6.45) is 3.90. The van der Waals surface area contributed by atoms with Crippen LogP contribution in [0.2, 0.25) is 0 Å². The number of hydrogen-bond donors (Lipinski definition) is 2. The van der Waals surface area contributed by atoms with Gasteiger partial charge in [0.15, 0.2) is 0 Å². The first kappa shape index (κ1) is 11.9. The maximum absolute atomic E-state index is 9.86. The summed E-state index contributed by atoms with van der Waals surface area (Å²) < 4.78 is 0. The fourth-order valence-corrected chi connectivity index (χ4v) is 1.33. The van der Waals surface area contributed by atoms with Crippen molar-refractivity contribution in [2.75, 3.05) is 0 Å². The van der Waals surface area contributed by atoms with Gasteiger partial charge < -0.3 is 10.2 Å². The van der Waals surface area contributed by atoms with E-state index in [-0.39, 0.29) is 6.10 Å². The van der Waals surface area contributed by atoms with E-state index in [1.165, 1.54) is 0 Å². The van der Waals surface area contributed by atoms with Gasteiger partial charge in [0.25, 0.3) is 0 Å². The Morgan fingerprint density at radius 3 is 2.08 bits per heavy atom. The van der Waals surface area contributed by atoms with Crippen LogP contribution in [0.25, 0.3) is 0 Å². The second kappa shape index (κ2) is 5.55. The predicted octanol–water partition coefficient (Wildman–Crippen LogP) is 2.09. The van der Waals surface area contributed by atoms with Gasteiger partial charge in [-0.05, 0) is 39.0 Å². The molecule has 0 aromatic heterocycles. The molecule has 0 aliphatic heterocycles. The van der Waals surface area contributed by atoms with Gasteiger partial charge in [0.2, 0.25) is 0 Å². The Kier molecular flexibility index (Phi) is 5.51. The van der Waals surface area contributed by atoms with Crippen molar-refractivity contribution in [3.05, 3.63) is 0 Å². The molecule has 1 atom stereocenters. The zero-order chi connectivity index (χ0) is 9.61. The van der Waals surface area contributed by atoms with Crippen LogP contribution in [0.15, 0.2) is 0 Å². The third-order valence-corrected chi connectivity index (χ3v) is 2.58. The molecule has 0 rings (SSSR count). The number of rotatable bonds is 6. The molecule has 0 heterocycles. The second-order valence-electron chi connectivity index (χ2n) is 3.67. The molecule has 2 heteroatoms. The van der Waals surface area contributed by atoms with E-state index in [1.807, 2.05) is 13.8 Å². The molecule has 0 radical (unpaired) electrons. The standard InChI is InChI=1S/C10H22O2/c1-4-10(12,5-2)8-6-7-9(3)11/h9,11-12H,4-8H2,1-3H3. The molecule has 0 aromatic carbocycles. The van der Waals surface area contributed by atoms with Crippen LogP contribution in [-0.4, -0.2) is 21.9 Å². The highest BCUT2D eigenvalue weighted by molar-refractivity contribution is 4.74. The van der Waals surface area contributed by atoms with E-state index in [9.17, 15) is 5.11 Å². The SMILES string of the molecule is CCC(O)(CC)CCCC(C)O. The fraction of sp³-hybridized carbons (Fsp3) is 1.00. The maximum Gasteiger partial charge on any atom is 0.0642 e. The Hall–Kier alpha value is -0.0800. The summed E-state index contributed by atoms with van der Waals surface area (Å²) in [5, 5.41) is 18.9. The van der Waals surface area contributed by atoms with Gasteiger partial charge in [0.1, 0.15) is 0 Å². The largest absolute Gasteiger partial charge is 0.393 e. The van der Waals surface area contributed by atoms with Crippen molar-refractivity contribution in [3.8, 4) is 0 Å². The third-order valence-electron chi connectivity index (χ3n) is 2.58. The van der Waals surface area contributed by atoms with Crippen LogP contribution in [0.1, 0.15) is 52.9 Å². The molecule has 0 fully saturated rings. The highest BCUT2D eigenvalue weighted by Crippen LogP contribution is 2.22. The van der Waals surface area contributed by atoms with Crippen molar-refractivity contribution in [1.82, 2.24) is 0 Å². The maximum atomic E-state index is 9.86. The summed E-state index contributed by atoms with van der Waals surface area (Å²) in [6, 6.07) is 0. The molecule has 0 saturated heterocycles. The summed E-state index contributed by atoms with van der Waals surface area (Å²) in [7, 11) is 0. The smallest absolute Gasteiger partial charge is 0.0642 e. The van der Waals surface area contributed by atoms with Gasteiger partial charge in [-0.15, -0.1) is 0 Å². The van der Waals surface area contributed by atoms with Gasteiger partial charge >= 0.3 is 0 Å². The van der Waals surface area contributed by atoms with Crippen LogP contribution in [-0.2, 0) is 0 Å². The van der Waals surface area contributed by atoms with Crippen LogP contribution >= 0.6 is 0 Å². The summed E-state index contributed by atoms with van der Waals surface area (Å²) in [5.41, 5.74) is -0.491. The normalized spacial score (nSPS) is 14.8. The van der Waals surface area contributed by atoms with Gasteiger partial charge in [0.05, 0.1) is 11.7 Å². The quantitative estimate of drug-likeness (QED) is 0.647. The average Bonchev–Trinajstić information content (AvgIpc) is 2.03. The van der Waals surface area contributed by atoms with Gasteiger partial charge in [0, 0.05) is 0 Å². The van der Waals surface area contributed by atoms with E-state index in [1.54, 1.807) is 6.92 Å². The molecule has 0 saturated carbocycles. The van der Waals surface area contributed by atoms with Gasteiger partial charge in [-0.3, -0.25) is 0 Å². The Balaban J connectivity index is 3.58. The number of hydrogen-bond acceptors (Lipinski definition) is 2. The topological polar surface area (TPSA) is 40.5 Å². The van der Waals surface area contributed by atoms with Crippen molar-refractivity contribution < 1.29 is 10.2 Å². The Morgan fingerprint density at radius 1 is 1.25 bits per heavy atom. The Morgan fingerprint density at radius 2 is 1.75 bits per heavy atom. The first-order chi connectivity index (χ1) is 5.54. The van der Waals surface area contributed by atoms with Crippen LogP contribution in [0, 0.1) is 0 Å². The summed E-state index contributed by atoms with van der Waals surface area (Å²) in [4.78, 5) is 0. The summed E-state index contributed by atoms with van der Waals surface area (Å²) in [6.45, 7) is 5.80. The lowest BCUT2D eigenvalue weighted by Gasteiger charge is -2.25. The molecule has 2 N–H and O–H groups in total. The summed E-state index contributed by atoms with van der Waals surface area (Å²) in [5.74, 6) is 0. The van der Waals surface area contributed by atoms with E-state index >= 15 is 0 Å². The first-order valence-corrected chi connectivity index (χ1v) is 4.94. The highest BCUT2D eigenvalue weighted by Gasteiger charge is 2.21. The molecule has 0 amide bonds. The molecule has 0 bridgehead atoms. The van der Waals surface area contributed by atoms with Gasteiger partial charge in [-0.2, -0.15) is 0 Å². The summed E-state index contributed by atoms with van der Waals surface area (Å²) >= 11 is 0. The lowest BCUT2D eigenvalue weighted by Crippen LogP contribution is -2.26. The monoisotopic (exact) mass is 174 g/mol. The fourth-order valence-electron chi connectivity index (χ4n) is 1.33. The van der Waals surface area contributed by atoms with Gasteiger partial charge in [-0.25, -0.2) is 0 Å². The molecule has 0 aliphatic rings. The van der Waals surface area contributed by atoms with E-state index in [0.29, 0.717) is 0 Å². The third kappa shape index (κ3) is 4.73. The van der Waals surface area contributed by atoms with E-state index in [4.69, 9.17) is 5.11 Å². The van der Waals surface area contributed by atoms with Crippen molar-refractivity contribution in [2.45, 2.75) is 64.6 Å². The Bertz CT molecular complexity index is 106. The zero-order valence-corrected chi connectivity index (χ0v) is 8.51. The highest BCUT2D eigenvalue weighted by atomic mass is 16.3. The minimum absolute atomic E-state index is 0.233. The molecule has 0 aliphatic carbocycles. The Labute approximate surface area is 75.6 Å². The molecule has 74 valence electrons. The van der Waals surface area contributed by atoms with Crippen molar-refractivity contribution in [2.24, 2.45) is 0 Å². The van der Waals surface area contributed by atoms with Crippen LogP contribution in [0.5, 0.6) is 0 Å². The molecule has 0 spiro atoms. The van der Waals surface area contributed by atoms with Crippen LogP contribution in [0.4, 0.5) is 0 Å². The van der Waals surface area contributed by atoms with E-state index < -0.39 is 5.60 Å². The molecule has 0 aromatic rings. The predicted molar refractivity (Wildman–Crippen MR) is 51.1 cm³/mol. The second-order valence-corrected chi connectivity index (χ2v) is 3.67. The molecule has 12 heavy (non-hydrogen) atoms. The number of aliphatic hydroxyl groups excluding tert-OH is 1. The molecular formula is C10H22O2. The van der Waals surface area contributed by atoms with Crippen LogP contribution in [0.3, 0.4) is 0 Å². The molecule has 1 unspecified atom stereocenters. The van der Waals surface area contributed by atoms with Gasteiger partial charge in [-0.1, -0.05) is 13.8 Å². The lowest BCUT2D eigenvalue weighted by atomic mass is 9.91. The minimum Gasteiger partial charge on any atom is -0.393 e. The first-order valence-electron chi connectivity index (χ1n) is 4.94. The van der Waals surface area contributed by atoms with Crippen molar-refractivity contribution in [1.29, 1.82) is 0 Å². The van der Waals surface area contributed by atoms with Crippen LogP contribution < -0.4 is 0 Å². The minimum atomic E-state index is -0.491. The number of aliphatic hydroxyl groups is 2. The van der Waals surface area contributed by atoms with Crippen molar-refractivity contribution in [3.63, 3.8) is 0 Å². The van der Waals surface area contributed by atoms with Crippen molar-refractivity contribution >= 4 is 0 Å². The lowest BCUT2D eigenvalue weighted by molar-refractivity contribution is 0.0183. The van der Waals surface area contributed by atoms with E-state index in [0.717, 1.165) is 32.1 Å². The zero-order valence-electron chi connectivity index (χ0n) is 8.51. The molecular weight excluding hydrogens is 152 g/mol. The molecule has 2 nitrogen and oxygen atoms in total. The van der Waals surface area contributed by atoms with E-state index in [2.05, 4.69) is 0 Å².